The minimum Gasteiger partial charge on any atom is -0.444 e. The van der Waals surface area contributed by atoms with Crippen LogP contribution in [-0.4, -0.2) is 101 Å². The molecule has 1 aromatic carbocycles. The van der Waals surface area contributed by atoms with E-state index in [1.54, 1.807) is 9.80 Å². The Morgan fingerprint density at radius 2 is 1.66 bits per heavy atom. The Hall–Kier alpha value is -3.38. The summed E-state index contributed by atoms with van der Waals surface area (Å²) in [6, 6.07) is 9.16. The molecule has 2 N–H and O–H groups in total. The van der Waals surface area contributed by atoms with Crippen molar-refractivity contribution < 1.29 is 28.8 Å². The van der Waals surface area contributed by atoms with E-state index >= 15 is 0 Å². The monoisotopic (exact) mass is 530 g/mol. The Labute approximate surface area is 223 Å². The van der Waals surface area contributed by atoms with Crippen LogP contribution in [0.3, 0.4) is 0 Å². The molecule has 3 aliphatic heterocycles. The van der Waals surface area contributed by atoms with Crippen molar-refractivity contribution >= 4 is 23.9 Å². The first kappa shape index (κ1) is 27.6. The van der Waals surface area contributed by atoms with Gasteiger partial charge in [0.25, 0.3) is 5.91 Å². The number of hydroxylamine groups is 2. The van der Waals surface area contributed by atoms with E-state index in [2.05, 4.69) is 10.9 Å². The number of fused-ring (bicyclic) bond motifs is 2. The summed E-state index contributed by atoms with van der Waals surface area (Å²) in [4.78, 5) is 61.0. The summed E-state index contributed by atoms with van der Waals surface area (Å²) in [5.41, 5.74) is 5.36. The number of hydrogen-bond acceptors (Lipinski definition) is 7. The Balaban J connectivity index is 1.15. The molecule has 3 saturated heterocycles. The van der Waals surface area contributed by atoms with Crippen LogP contribution < -0.4 is 10.9 Å². The summed E-state index contributed by atoms with van der Waals surface area (Å²) >= 11 is 0. The van der Waals surface area contributed by atoms with Gasteiger partial charge in [-0.25, -0.2) is 9.59 Å². The highest BCUT2D eigenvalue weighted by Gasteiger charge is 2.46. The van der Waals surface area contributed by atoms with Gasteiger partial charge in [0.2, 0.25) is 5.91 Å². The summed E-state index contributed by atoms with van der Waals surface area (Å²) in [6.45, 7) is 8.40. The number of carbonyl (C=O) groups is 4. The Morgan fingerprint density at radius 3 is 2.34 bits per heavy atom. The maximum Gasteiger partial charge on any atom is 0.410 e. The van der Waals surface area contributed by atoms with Gasteiger partial charge >= 0.3 is 12.1 Å². The summed E-state index contributed by atoms with van der Waals surface area (Å²) < 4.78 is 5.39. The van der Waals surface area contributed by atoms with Crippen molar-refractivity contribution in [3.05, 3.63) is 35.9 Å². The van der Waals surface area contributed by atoms with Gasteiger partial charge in [-0.15, -0.1) is 0 Å². The van der Waals surface area contributed by atoms with Crippen LogP contribution in [0.5, 0.6) is 0 Å². The second kappa shape index (κ2) is 12.0. The van der Waals surface area contributed by atoms with Crippen LogP contribution in [0.2, 0.25) is 0 Å². The molecular weight excluding hydrogens is 492 g/mol. The molecule has 0 radical (unpaired) electrons. The lowest BCUT2D eigenvalue weighted by Gasteiger charge is -2.35. The highest BCUT2D eigenvalue weighted by Crippen LogP contribution is 2.31. The molecule has 3 aliphatic rings. The van der Waals surface area contributed by atoms with Gasteiger partial charge in [-0.3, -0.25) is 30.2 Å². The second-order valence-corrected chi connectivity index (χ2v) is 10.9. The fourth-order valence-corrected chi connectivity index (χ4v) is 4.87. The molecule has 2 bridgehead atoms. The first-order chi connectivity index (χ1) is 18.1. The van der Waals surface area contributed by atoms with Gasteiger partial charge in [0.1, 0.15) is 12.2 Å². The number of piperazine rings is 1. The summed E-state index contributed by atoms with van der Waals surface area (Å²) in [5.74, 6) is -0.696. The van der Waals surface area contributed by atoms with Gasteiger partial charge in [-0.2, -0.15) is 5.06 Å². The van der Waals surface area contributed by atoms with E-state index in [1.807, 2.05) is 56.0 Å². The van der Waals surface area contributed by atoms with Gasteiger partial charge in [0, 0.05) is 45.2 Å². The molecule has 0 saturated carbocycles. The fraction of sp³-hybridized carbons (Fsp3) is 0.615. The predicted octanol–water partition coefficient (Wildman–Crippen LogP) is 1.48. The maximum absolute atomic E-state index is 12.9. The Kier molecular flexibility index (Phi) is 8.72. The van der Waals surface area contributed by atoms with Crippen LogP contribution in [0.4, 0.5) is 9.59 Å². The van der Waals surface area contributed by atoms with Crippen molar-refractivity contribution in [3.63, 3.8) is 0 Å². The van der Waals surface area contributed by atoms with Crippen LogP contribution in [0.25, 0.3) is 0 Å². The average molecular weight is 531 g/mol. The van der Waals surface area contributed by atoms with Crippen molar-refractivity contribution in [2.24, 2.45) is 0 Å². The van der Waals surface area contributed by atoms with E-state index in [0.717, 1.165) is 12.0 Å². The molecule has 38 heavy (non-hydrogen) atoms. The maximum atomic E-state index is 12.9. The van der Waals surface area contributed by atoms with Gasteiger partial charge in [0.15, 0.2) is 0 Å². The zero-order chi connectivity index (χ0) is 27.3. The zero-order valence-corrected chi connectivity index (χ0v) is 22.4. The standard InChI is InChI=1S/C26H38N6O6/c1-26(2,3)38-25(36)30-13-11-29(12-14-30)17-23(34)28-27-22(33)15-20-9-10-21-16-31(20)24(35)32(21)37-18-19-7-5-4-6-8-19/h4-8,20-21H,9-18H2,1-3H3,(H,27,33)(H,28,34). The second-order valence-electron chi connectivity index (χ2n) is 10.9. The van der Waals surface area contributed by atoms with E-state index in [0.29, 0.717) is 45.8 Å². The summed E-state index contributed by atoms with van der Waals surface area (Å²) in [6.07, 6.45) is 1.17. The van der Waals surface area contributed by atoms with Crippen molar-refractivity contribution in [2.75, 3.05) is 39.3 Å². The van der Waals surface area contributed by atoms with Gasteiger partial charge in [-0.1, -0.05) is 30.3 Å². The molecule has 0 aliphatic carbocycles. The summed E-state index contributed by atoms with van der Waals surface area (Å²) in [5, 5.41) is 1.44. The van der Waals surface area contributed by atoms with E-state index < -0.39 is 5.60 Å². The fourth-order valence-electron chi connectivity index (χ4n) is 4.87. The van der Waals surface area contributed by atoms with Crippen LogP contribution in [-0.2, 0) is 25.8 Å². The third-order valence-electron chi connectivity index (χ3n) is 6.81. The lowest BCUT2D eigenvalue weighted by Crippen LogP contribution is -2.54. The topological polar surface area (TPSA) is 124 Å². The number of carbonyl (C=O) groups excluding carboxylic acids is 4. The molecule has 3 fully saturated rings. The van der Waals surface area contributed by atoms with E-state index in [9.17, 15) is 19.2 Å². The summed E-state index contributed by atoms with van der Waals surface area (Å²) in [7, 11) is 0. The molecule has 12 heteroatoms. The smallest absolute Gasteiger partial charge is 0.410 e. The van der Waals surface area contributed by atoms with Crippen molar-refractivity contribution in [2.45, 2.75) is 64.3 Å². The van der Waals surface area contributed by atoms with E-state index in [1.165, 1.54) is 5.06 Å². The third kappa shape index (κ3) is 7.35. The minimum atomic E-state index is -0.552. The Morgan fingerprint density at radius 1 is 0.974 bits per heavy atom. The number of amides is 5. The molecule has 2 unspecified atom stereocenters. The normalized spacial score (nSPS) is 21.9. The highest BCUT2D eigenvalue weighted by molar-refractivity contribution is 5.84. The number of benzene rings is 1. The molecule has 1 aromatic rings. The molecule has 2 atom stereocenters. The van der Waals surface area contributed by atoms with E-state index in [4.69, 9.17) is 9.57 Å². The molecule has 12 nitrogen and oxygen atoms in total. The number of ether oxygens (including phenoxy) is 1. The zero-order valence-electron chi connectivity index (χ0n) is 22.4. The third-order valence-corrected chi connectivity index (χ3v) is 6.81. The molecule has 0 spiro atoms. The SMILES string of the molecule is CC(C)(C)OC(=O)N1CCN(CC(=O)NNC(=O)CC2CCC3CN2C(=O)N3OCc2ccccc2)CC1. The molecule has 5 amide bonds. The van der Waals surface area contributed by atoms with Gasteiger partial charge < -0.3 is 14.5 Å². The first-order valence-corrected chi connectivity index (χ1v) is 13.1. The first-order valence-electron chi connectivity index (χ1n) is 13.1. The molecule has 4 rings (SSSR count). The number of piperidine rings is 1. The Bertz CT molecular complexity index is 1010. The van der Waals surface area contributed by atoms with Gasteiger partial charge in [-0.05, 0) is 39.2 Å². The lowest BCUT2D eigenvalue weighted by molar-refractivity contribution is -0.140. The largest absolute Gasteiger partial charge is 0.444 e. The molecule has 0 aromatic heterocycles. The van der Waals surface area contributed by atoms with Crippen molar-refractivity contribution in [1.82, 2.24) is 30.6 Å². The number of hydrazine groups is 1. The number of nitrogens with one attached hydrogen (secondary N) is 2. The number of rotatable bonds is 7. The highest BCUT2D eigenvalue weighted by atomic mass is 16.7. The van der Waals surface area contributed by atoms with Crippen LogP contribution in [0, 0.1) is 0 Å². The van der Waals surface area contributed by atoms with Crippen LogP contribution >= 0.6 is 0 Å². The lowest BCUT2D eigenvalue weighted by atomic mass is 9.98. The average Bonchev–Trinajstić information content (AvgIpc) is 3.13. The number of nitrogens with zero attached hydrogens (tertiary/aromatic N) is 4. The molecule has 208 valence electrons. The molecular formula is C26H38N6O6. The van der Waals surface area contributed by atoms with Crippen molar-refractivity contribution in [1.29, 1.82) is 0 Å². The van der Waals surface area contributed by atoms with Crippen molar-refractivity contribution in [3.8, 4) is 0 Å². The van der Waals surface area contributed by atoms with Crippen LogP contribution in [0.1, 0.15) is 45.6 Å². The van der Waals surface area contributed by atoms with Crippen LogP contribution in [0.15, 0.2) is 30.3 Å². The van der Waals surface area contributed by atoms with Gasteiger partial charge in [0.05, 0.1) is 12.6 Å². The molecule has 3 heterocycles. The number of urea groups is 1. The quantitative estimate of drug-likeness (QED) is 0.512. The van der Waals surface area contributed by atoms with E-state index in [-0.39, 0.29) is 49.0 Å². The predicted molar refractivity (Wildman–Crippen MR) is 137 cm³/mol. The minimum absolute atomic E-state index is 0.0268. The number of hydrogen-bond donors (Lipinski definition) is 2.